The van der Waals surface area contributed by atoms with Crippen molar-refractivity contribution in [2.45, 2.75) is 25.0 Å². The summed E-state index contributed by atoms with van der Waals surface area (Å²) in [5, 5.41) is 0. The summed E-state index contributed by atoms with van der Waals surface area (Å²) >= 11 is 0. The molecule has 4 rings (SSSR count). The fourth-order valence-electron chi connectivity index (χ4n) is 3.55. The van der Waals surface area contributed by atoms with Gasteiger partial charge in [-0.1, -0.05) is 48.5 Å². The topological polar surface area (TPSA) is 55.8 Å². The summed E-state index contributed by atoms with van der Waals surface area (Å²) in [6, 6.07) is 17.1. The molecule has 1 amide bonds. The van der Waals surface area contributed by atoms with E-state index in [4.69, 9.17) is 9.47 Å². The zero-order valence-electron chi connectivity index (χ0n) is 13.8. The van der Waals surface area contributed by atoms with Crippen LogP contribution in [-0.2, 0) is 22.5 Å². The first-order chi connectivity index (χ1) is 12.2. The van der Waals surface area contributed by atoms with Gasteiger partial charge in [0.15, 0.2) is 0 Å². The van der Waals surface area contributed by atoms with Gasteiger partial charge in [0.1, 0.15) is 12.2 Å². The number of carbonyl (C=O) groups excluding carboxylic acids is 2. The Balaban J connectivity index is 1.41. The number of likely N-dealkylation sites (tertiary alicyclic amines) is 1. The van der Waals surface area contributed by atoms with Crippen molar-refractivity contribution in [1.29, 1.82) is 0 Å². The Morgan fingerprint density at radius 1 is 1.12 bits per heavy atom. The third-order valence-electron chi connectivity index (χ3n) is 4.84. The van der Waals surface area contributed by atoms with E-state index < -0.39 is 5.60 Å². The first kappa shape index (κ1) is 15.7. The molecule has 1 atom stereocenters. The molecule has 2 aromatic rings. The number of benzene rings is 2. The summed E-state index contributed by atoms with van der Waals surface area (Å²) < 4.78 is 11.1. The van der Waals surface area contributed by atoms with Crippen LogP contribution in [0.1, 0.15) is 27.9 Å². The zero-order valence-corrected chi connectivity index (χ0v) is 13.8. The highest BCUT2D eigenvalue weighted by molar-refractivity contribution is 5.92. The number of ether oxygens (including phenoxy) is 2. The first-order valence-corrected chi connectivity index (χ1v) is 8.42. The molecule has 0 bridgehead atoms. The van der Waals surface area contributed by atoms with Gasteiger partial charge in [-0.05, 0) is 17.2 Å². The fraction of sp³-hybridized carbons (Fsp3) is 0.300. The molecule has 0 N–H and O–H groups in total. The molecule has 1 fully saturated rings. The summed E-state index contributed by atoms with van der Waals surface area (Å²) in [5.74, 6) is -0.304. The molecule has 2 heterocycles. The highest BCUT2D eigenvalue weighted by Crippen LogP contribution is 2.35. The molecular formula is C20H19NO4. The van der Waals surface area contributed by atoms with Gasteiger partial charge in [0.2, 0.25) is 0 Å². The number of hydrogen-bond donors (Lipinski definition) is 0. The zero-order chi connectivity index (χ0) is 17.3. The van der Waals surface area contributed by atoms with Crippen molar-refractivity contribution >= 4 is 12.1 Å². The van der Waals surface area contributed by atoms with Crippen molar-refractivity contribution in [2.24, 2.45) is 0 Å². The largest absolute Gasteiger partial charge is 0.453 e. The van der Waals surface area contributed by atoms with Gasteiger partial charge in [0, 0.05) is 19.4 Å². The lowest BCUT2D eigenvalue weighted by Gasteiger charge is -2.34. The minimum atomic E-state index is -0.628. The van der Waals surface area contributed by atoms with E-state index in [9.17, 15) is 9.59 Å². The molecule has 1 spiro atoms. The molecule has 25 heavy (non-hydrogen) atoms. The van der Waals surface area contributed by atoms with E-state index in [1.54, 1.807) is 11.0 Å². The standard InChI is InChI=1S/C20H19NO4/c22-18-17-9-5-4-8-16(17)12-20(25-18)10-11-21(14-20)19(23)24-13-15-6-2-1-3-7-15/h1-9H,10-14H2. The van der Waals surface area contributed by atoms with Crippen LogP contribution in [0.4, 0.5) is 4.79 Å². The molecule has 1 saturated heterocycles. The molecule has 2 aliphatic rings. The Morgan fingerprint density at radius 3 is 2.72 bits per heavy atom. The van der Waals surface area contributed by atoms with E-state index in [0.29, 0.717) is 31.5 Å². The van der Waals surface area contributed by atoms with Gasteiger partial charge >= 0.3 is 12.1 Å². The number of nitrogens with zero attached hydrogens (tertiary/aromatic N) is 1. The van der Waals surface area contributed by atoms with E-state index in [1.165, 1.54) is 0 Å². The van der Waals surface area contributed by atoms with E-state index in [1.807, 2.05) is 48.5 Å². The maximum Gasteiger partial charge on any atom is 0.410 e. The fourth-order valence-corrected chi connectivity index (χ4v) is 3.55. The molecule has 0 radical (unpaired) electrons. The van der Waals surface area contributed by atoms with Crippen molar-refractivity contribution in [3.8, 4) is 0 Å². The van der Waals surface area contributed by atoms with Crippen LogP contribution in [0.3, 0.4) is 0 Å². The normalized spacial score (nSPS) is 21.8. The molecule has 0 saturated carbocycles. The van der Waals surface area contributed by atoms with Crippen LogP contribution < -0.4 is 0 Å². The average molecular weight is 337 g/mol. The maximum atomic E-state index is 12.3. The number of hydrogen-bond acceptors (Lipinski definition) is 4. The van der Waals surface area contributed by atoms with Crippen LogP contribution >= 0.6 is 0 Å². The van der Waals surface area contributed by atoms with Gasteiger partial charge in [-0.2, -0.15) is 0 Å². The molecule has 5 nitrogen and oxygen atoms in total. The second-order valence-electron chi connectivity index (χ2n) is 6.62. The molecule has 128 valence electrons. The van der Waals surface area contributed by atoms with Gasteiger partial charge in [0.25, 0.3) is 0 Å². The molecule has 2 aliphatic heterocycles. The predicted molar refractivity (Wildman–Crippen MR) is 91.1 cm³/mol. The Hall–Kier alpha value is -2.82. The quantitative estimate of drug-likeness (QED) is 0.790. The third-order valence-corrected chi connectivity index (χ3v) is 4.84. The van der Waals surface area contributed by atoms with Gasteiger partial charge in [-0.15, -0.1) is 0 Å². The van der Waals surface area contributed by atoms with Crippen molar-refractivity contribution in [3.63, 3.8) is 0 Å². The van der Waals surface area contributed by atoms with Crippen LogP contribution in [-0.4, -0.2) is 35.7 Å². The van der Waals surface area contributed by atoms with E-state index in [2.05, 4.69) is 0 Å². The molecule has 0 aromatic heterocycles. The molecule has 1 unspecified atom stereocenters. The monoisotopic (exact) mass is 337 g/mol. The van der Waals surface area contributed by atoms with Crippen LogP contribution in [0.25, 0.3) is 0 Å². The number of amides is 1. The Kier molecular flexibility index (Phi) is 3.92. The van der Waals surface area contributed by atoms with Crippen molar-refractivity contribution < 1.29 is 19.1 Å². The highest BCUT2D eigenvalue weighted by Gasteiger charge is 2.47. The SMILES string of the molecule is O=C1OC2(CCN(C(=O)OCc3ccccc3)C2)Cc2ccccc21. The Morgan fingerprint density at radius 2 is 1.88 bits per heavy atom. The first-order valence-electron chi connectivity index (χ1n) is 8.42. The summed E-state index contributed by atoms with van der Waals surface area (Å²) in [6.45, 7) is 1.15. The van der Waals surface area contributed by atoms with Crippen LogP contribution in [0.5, 0.6) is 0 Å². The van der Waals surface area contributed by atoms with E-state index >= 15 is 0 Å². The summed E-state index contributed by atoms with van der Waals surface area (Å²) in [4.78, 5) is 26.2. The van der Waals surface area contributed by atoms with Crippen molar-refractivity contribution in [2.75, 3.05) is 13.1 Å². The molecule has 2 aromatic carbocycles. The summed E-state index contributed by atoms with van der Waals surface area (Å²) in [6.07, 6.45) is 0.904. The van der Waals surface area contributed by atoms with Crippen LogP contribution in [0.15, 0.2) is 54.6 Å². The third kappa shape index (κ3) is 3.09. The Bertz CT molecular complexity index is 804. The van der Waals surface area contributed by atoms with Gasteiger partial charge in [-0.25, -0.2) is 9.59 Å². The lowest BCUT2D eigenvalue weighted by Crippen LogP contribution is -2.45. The van der Waals surface area contributed by atoms with E-state index in [-0.39, 0.29) is 18.7 Å². The van der Waals surface area contributed by atoms with Gasteiger partial charge < -0.3 is 14.4 Å². The highest BCUT2D eigenvalue weighted by atomic mass is 16.6. The molecular weight excluding hydrogens is 318 g/mol. The van der Waals surface area contributed by atoms with Crippen LogP contribution in [0.2, 0.25) is 0 Å². The minimum Gasteiger partial charge on any atom is -0.453 e. The number of esters is 1. The van der Waals surface area contributed by atoms with Gasteiger partial charge in [0.05, 0.1) is 12.1 Å². The lowest BCUT2D eigenvalue weighted by atomic mass is 9.88. The second kappa shape index (κ2) is 6.24. The number of fused-ring (bicyclic) bond motifs is 1. The number of rotatable bonds is 2. The Labute approximate surface area is 146 Å². The predicted octanol–water partition coefficient (Wildman–Crippen LogP) is 3.18. The van der Waals surface area contributed by atoms with E-state index in [0.717, 1.165) is 11.1 Å². The molecule has 5 heteroatoms. The van der Waals surface area contributed by atoms with Gasteiger partial charge in [-0.3, -0.25) is 0 Å². The number of carbonyl (C=O) groups is 2. The smallest absolute Gasteiger partial charge is 0.410 e. The lowest BCUT2D eigenvalue weighted by molar-refractivity contribution is -0.0197. The second-order valence-corrected chi connectivity index (χ2v) is 6.62. The van der Waals surface area contributed by atoms with Crippen molar-refractivity contribution in [3.05, 3.63) is 71.3 Å². The summed E-state index contributed by atoms with van der Waals surface area (Å²) in [5.41, 5.74) is 1.93. The average Bonchev–Trinajstić information content (AvgIpc) is 3.04. The minimum absolute atomic E-state index is 0.242. The maximum absolute atomic E-state index is 12.3. The molecule has 0 aliphatic carbocycles. The van der Waals surface area contributed by atoms with Crippen molar-refractivity contribution in [1.82, 2.24) is 4.90 Å². The van der Waals surface area contributed by atoms with Crippen LogP contribution in [0, 0.1) is 0 Å². The summed E-state index contributed by atoms with van der Waals surface area (Å²) in [7, 11) is 0.